The van der Waals surface area contributed by atoms with E-state index in [0.717, 1.165) is 22.8 Å². The Morgan fingerprint density at radius 3 is 2.14 bits per heavy atom. The number of rotatable bonds is 4. The molecule has 0 bridgehead atoms. The standard InChI is InChI=1S/C18H25NO2/c1-10-9-16(20-7)11(2)8-15(10)18(19-6)17-12(3)13(4)21-14(17)5/h8-9,18-19H,1-7H3. The lowest BCUT2D eigenvalue weighted by molar-refractivity contribution is 0.411. The van der Waals surface area contributed by atoms with Crippen molar-refractivity contribution >= 4 is 0 Å². The predicted molar refractivity (Wildman–Crippen MR) is 86.3 cm³/mol. The molecule has 0 radical (unpaired) electrons. The fourth-order valence-electron chi connectivity index (χ4n) is 3.03. The first-order valence-electron chi connectivity index (χ1n) is 7.29. The van der Waals surface area contributed by atoms with Crippen LogP contribution in [0.25, 0.3) is 0 Å². The Hall–Kier alpha value is -1.74. The molecule has 3 heteroatoms. The third-order valence-electron chi connectivity index (χ3n) is 4.29. The molecule has 2 rings (SSSR count). The summed E-state index contributed by atoms with van der Waals surface area (Å²) in [5.41, 5.74) is 6.09. The number of hydrogen-bond acceptors (Lipinski definition) is 3. The molecule has 0 fully saturated rings. The summed E-state index contributed by atoms with van der Waals surface area (Å²) in [5, 5.41) is 3.43. The van der Waals surface area contributed by atoms with Crippen LogP contribution in [0.15, 0.2) is 16.5 Å². The molecule has 21 heavy (non-hydrogen) atoms. The maximum absolute atomic E-state index is 5.80. The summed E-state index contributed by atoms with van der Waals surface area (Å²) >= 11 is 0. The number of nitrogens with one attached hydrogen (secondary N) is 1. The minimum atomic E-state index is 0.132. The van der Waals surface area contributed by atoms with Gasteiger partial charge in [0.2, 0.25) is 0 Å². The van der Waals surface area contributed by atoms with Crippen LogP contribution in [0, 0.1) is 34.6 Å². The third-order valence-corrected chi connectivity index (χ3v) is 4.29. The van der Waals surface area contributed by atoms with Crippen LogP contribution in [0.2, 0.25) is 0 Å². The van der Waals surface area contributed by atoms with Crippen molar-refractivity contribution in [3.63, 3.8) is 0 Å². The Morgan fingerprint density at radius 1 is 1.00 bits per heavy atom. The first-order valence-corrected chi connectivity index (χ1v) is 7.29. The first-order chi connectivity index (χ1) is 9.90. The molecule has 1 aromatic carbocycles. The lowest BCUT2D eigenvalue weighted by Gasteiger charge is -2.21. The van der Waals surface area contributed by atoms with E-state index in [-0.39, 0.29) is 6.04 Å². The van der Waals surface area contributed by atoms with Crippen molar-refractivity contribution < 1.29 is 9.15 Å². The van der Waals surface area contributed by atoms with Crippen molar-refractivity contribution in [3.8, 4) is 5.75 Å². The SMILES string of the molecule is CNC(c1cc(C)c(OC)cc1C)c1c(C)oc(C)c1C. The molecule has 0 aliphatic rings. The van der Waals surface area contributed by atoms with Crippen molar-refractivity contribution in [3.05, 3.63) is 51.5 Å². The number of benzene rings is 1. The molecule has 114 valence electrons. The molecular formula is C18H25NO2. The number of furan rings is 1. The van der Waals surface area contributed by atoms with E-state index in [1.807, 2.05) is 20.9 Å². The average Bonchev–Trinajstić information content (AvgIpc) is 2.69. The van der Waals surface area contributed by atoms with Crippen LogP contribution in [0.4, 0.5) is 0 Å². The molecule has 0 spiro atoms. The zero-order chi connectivity index (χ0) is 15.7. The Balaban J connectivity index is 2.59. The van der Waals surface area contributed by atoms with E-state index < -0.39 is 0 Å². The van der Waals surface area contributed by atoms with Gasteiger partial charge < -0.3 is 14.5 Å². The summed E-state index contributed by atoms with van der Waals surface area (Å²) in [6.07, 6.45) is 0. The molecule has 1 atom stereocenters. The van der Waals surface area contributed by atoms with Crippen LogP contribution >= 0.6 is 0 Å². The Bertz CT molecular complexity index is 656. The maximum atomic E-state index is 5.80. The summed E-state index contributed by atoms with van der Waals surface area (Å²) in [7, 11) is 3.70. The van der Waals surface area contributed by atoms with Gasteiger partial charge in [0.25, 0.3) is 0 Å². The Morgan fingerprint density at radius 2 is 1.67 bits per heavy atom. The fourth-order valence-corrected chi connectivity index (χ4v) is 3.03. The molecule has 0 amide bonds. The van der Waals surface area contributed by atoms with Gasteiger partial charge in [-0.2, -0.15) is 0 Å². The lowest BCUT2D eigenvalue weighted by atomic mass is 9.91. The van der Waals surface area contributed by atoms with Crippen LogP contribution < -0.4 is 10.1 Å². The molecule has 0 saturated heterocycles. The minimum absolute atomic E-state index is 0.132. The highest BCUT2D eigenvalue weighted by Gasteiger charge is 2.23. The quantitative estimate of drug-likeness (QED) is 0.917. The molecule has 1 N–H and O–H groups in total. The molecule has 0 saturated carbocycles. The predicted octanol–water partition coefficient (Wildman–Crippen LogP) is 4.14. The van der Waals surface area contributed by atoms with Crippen LogP contribution in [-0.2, 0) is 0 Å². The fraction of sp³-hybridized carbons (Fsp3) is 0.444. The van der Waals surface area contributed by atoms with E-state index in [4.69, 9.17) is 9.15 Å². The second-order valence-electron chi connectivity index (χ2n) is 5.65. The van der Waals surface area contributed by atoms with Crippen molar-refractivity contribution in [1.29, 1.82) is 0 Å². The molecule has 2 aromatic rings. The number of aryl methyl sites for hydroxylation is 4. The van der Waals surface area contributed by atoms with Crippen LogP contribution in [0.3, 0.4) is 0 Å². The largest absolute Gasteiger partial charge is 0.496 e. The first kappa shape index (κ1) is 15.6. The lowest BCUT2D eigenvalue weighted by Crippen LogP contribution is -2.20. The molecular weight excluding hydrogens is 262 g/mol. The van der Waals surface area contributed by atoms with Gasteiger partial charge in [-0.05, 0) is 70.0 Å². The number of hydrogen-bond donors (Lipinski definition) is 1. The van der Waals surface area contributed by atoms with Crippen LogP contribution in [0.5, 0.6) is 5.75 Å². The van der Waals surface area contributed by atoms with Gasteiger partial charge in [-0.25, -0.2) is 0 Å². The van der Waals surface area contributed by atoms with Gasteiger partial charge in [-0.1, -0.05) is 6.07 Å². The van der Waals surface area contributed by atoms with Gasteiger partial charge in [-0.15, -0.1) is 0 Å². The normalized spacial score (nSPS) is 12.5. The van der Waals surface area contributed by atoms with Gasteiger partial charge in [-0.3, -0.25) is 0 Å². The molecule has 1 unspecified atom stereocenters. The molecule has 1 heterocycles. The van der Waals surface area contributed by atoms with Crippen molar-refractivity contribution in [2.45, 2.75) is 40.7 Å². The van der Waals surface area contributed by atoms with Gasteiger partial charge in [0.1, 0.15) is 17.3 Å². The smallest absolute Gasteiger partial charge is 0.122 e. The molecule has 3 nitrogen and oxygen atoms in total. The van der Waals surface area contributed by atoms with E-state index in [1.165, 1.54) is 22.3 Å². The molecule has 1 aromatic heterocycles. The highest BCUT2D eigenvalue weighted by atomic mass is 16.5. The Labute approximate surface area is 127 Å². The second-order valence-corrected chi connectivity index (χ2v) is 5.65. The summed E-state index contributed by atoms with van der Waals surface area (Å²) in [5.74, 6) is 2.91. The van der Waals surface area contributed by atoms with Crippen molar-refractivity contribution in [2.75, 3.05) is 14.2 Å². The third kappa shape index (κ3) is 2.70. The zero-order valence-corrected chi connectivity index (χ0v) is 14.0. The van der Waals surface area contributed by atoms with Gasteiger partial charge >= 0.3 is 0 Å². The topological polar surface area (TPSA) is 34.4 Å². The summed E-state index contributed by atoms with van der Waals surface area (Å²) in [6, 6.07) is 4.44. The highest BCUT2D eigenvalue weighted by molar-refractivity contribution is 5.48. The van der Waals surface area contributed by atoms with Gasteiger partial charge in [0.05, 0.1) is 13.2 Å². The number of methoxy groups -OCH3 is 1. The molecule has 0 aliphatic carbocycles. The molecule has 0 aliphatic heterocycles. The van der Waals surface area contributed by atoms with Crippen molar-refractivity contribution in [2.24, 2.45) is 0 Å². The summed E-state index contributed by atoms with van der Waals surface area (Å²) in [6.45, 7) is 10.4. The van der Waals surface area contributed by atoms with Crippen LogP contribution in [0.1, 0.15) is 45.4 Å². The van der Waals surface area contributed by atoms with Crippen LogP contribution in [-0.4, -0.2) is 14.2 Å². The Kier molecular flexibility index (Phi) is 4.43. The van der Waals surface area contributed by atoms with E-state index in [2.05, 4.69) is 38.2 Å². The van der Waals surface area contributed by atoms with E-state index in [1.54, 1.807) is 7.11 Å². The number of ether oxygens (including phenoxy) is 1. The maximum Gasteiger partial charge on any atom is 0.122 e. The van der Waals surface area contributed by atoms with Gasteiger partial charge in [0.15, 0.2) is 0 Å². The zero-order valence-electron chi connectivity index (χ0n) is 14.0. The second kappa shape index (κ2) is 5.94. The van der Waals surface area contributed by atoms with Gasteiger partial charge in [0, 0.05) is 5.56 Å². The van der Waals surface area contributed by atoms with E-state index >= 15 is 0 Å². The monoisotopic (exact) mass is 287 g/mol. The average molecular weight is 287 g/mol. The van der Waals surface area contributed by atoms with Crippen molar-refractivity contribution in [1.82, 2.24) is 5.32 Å². The highest BCUT2D eigenvalue weighted by Crippen LogP contribution is 2.35. The minimum Gasteiger partial charge on any atom is -0.496 e. The summed E-state index contributed by atoms with van der Waals surface area (Å²) < 4.78 is 11.2. The van der Waals surface area contributed by atoms with E-state index in [0.29, 0.717) is 0 Å². The summed E-state index contributed by atoms with van der Waals surface area (Å²) in [4.78, 5) is 0. The van der Waals surface area contributed by atoms with E-state index in [9.17, 15) is 0 Å².